The number of esters is 1. The smallest absolute Gasteiger partial charge is 0.472 e. The third-order valence-corrected chi connectivity index (χ3v) is 9.60. The van der Waals surface area contributed by atoms with Crippen molar-refractivity contribution in [1.29, 1.82) is 0 Å². The van der Waals surface area contributed by atoms with Crippen molar-refractivity contribution < 1.29 is 32.8 Å². The number of rotatable bonds is 39. The molecule has 0 aromatic heterocycles. The molecule has 0 saturated heterocycles. The highest BCUT2D eigenvalue weighted by Gasteiger charge is 2.24. The quantitative estimate of drug-likeness (QED) is 0.0211. The fraction of sp³-hybridized carbons (Fsp3) is 0.829. The average molecular weight is 728 g/mol. The number of allylic oxidation sites excluding steroid dienone is 5. The molecular formula is C41H78NO7P. The maximum Gasteiger partial charge on any atom is 0.472 e. The minimum absolute atomic E-state index is 0.0703. The molecule has 1 unspecified atom stereocenters. The first-order valence-corrected chi connectivity index (χ1v) is 22.0. The first kappa shape index (κ1) is 48.6. The van der Waals surface area contributed by atoms with E-state index in [0.29, 0.717) is 6.42 Å². The molecule has 9 heteroatoms. The summed E-state index contributed by atoms with van der Waals surface area (Å²) in [4.78, 5) is 22.2. The third kappa shape index (κ3) is 37.8. The third-order valence-electron chi connectivity index (χ3n) is 8.62. The number of unbranched alkanes of at least 4 members (excludes halogenated alkanes) is 22. The highest BCUT2D eigenvalue weighted by Crippen LogP contribution is 2.43. The summed E-state index contributed by atoms with van der Waals surface area (Å²) >= 11 is 0. The predicted octanol–water partition coefficient (Wildman–Crippen LogP) is 12.2. The SMILES string of the molecule is CCCCCCC=CCCCCCCCCC=CO[C@H](COC(=O)CCCCCCCC=CCCCCCCCC)COP(=O)(O)OCCN. The van der Waals surface area contributed by atoms with Crippen LogP contribution in [0.4, 0.5) is 0 Å². The lowest BCUT2D eigenvalue weighted by Gasteiger charge is -2.19. The van der Waals surface area contributed by atoms with Gasteiger partial charge in [-0.15, -0.1) is 0 Å². The number of carbonyl (C=O) groups excluding carboxylic acids is 1. The Hall–Kier alpha value is -1.44. The summed E-state index contributed by atoms with van der Waals surface area (Å²) in [5.74, 6) is -0.301. The van der Waals surface area contributed by atoms with Crippen molar-refractivity contribution >= 4 is 13.8 Å². The monoisotopic (exact) mass is 728 g/mol. The Kier molecular flexibility index (Phi) is 37.7. The van der Waals surface area contributed by atoms with Crippen LogP contribution in [-0.2, 0) is 27.9 Å². The lowest BCUT2D eigenvalue weighted by molar-refractivity contribution is -0.147. The molecule has 0 amide bonds. The zero-order valence-electron chi connectivity index (χ0n) is 32.4. The van der Waals surface area contributed by atoms with Crippen LogP contribution in [0.1, 0.15) is 187 Å². The molecular weight excluding hydrogens is 649 g/mol. The largest absolute Gasteiger partial charge is 0.492 e. The molecule has 0 aliphatic rings. The highest BCUT2D eigenvalue weighted by atomic mass is 31.2. The van der Waals surface area contributed by atoms with Crippen molar-refractivity contribution in [3.05, 3.63) is 36.6 Å². The summed E-state index contributed by atoms with van der Waals surface area (Å²) in [5, 5.41) is 0. The molecule has 0 saturated carbocycles. The van der Waals surface area contributed by atoms with Gasteiger partial charge >= 0.3 is 13.8 Å². The van der Waals surface area contributed by atoms with Crippen LogP contribution < -0.4 is 5.73 Å². The van der Waals surface area contributed by atoms with Gasteiger partial charge in [0.15, 0.2) is 6.10 Å². The second-order valence-electron chi connectivity index (χ2n) is 13.6. The van der Waals surface area contributed by atoms with E-state index in [1.54, 1.807) is 6.26 Å². The molecule has 0 radical (unpaired) electrons. The number of ether oxygens (including phenoxy) is 2. The molecule has 0 aromatic carbocycles. The van der Waals surface area contributed by atoms with E-state index < -0.39 is 13.9 Å². The zero-order valence-corrected chi connectivity index (χ0v) is 33.3. The molecule has 0 heterocycles. The lowest BCUT2D eigenvalue weighted by Crippen LogP contribution is -2.25. The van der Waals surface area contributed by atoms with Crippen molar-refractivity contribution in [2.75, 3.05) is 26.4 Å². The van der Waals surface area contributed by atoms with Gasteiger partial charge in [0.25, 0.3) is 0 Å². The zero-order chi connectivity index (χ0) is 36.6. The van der Waals surface area contributed by atoms with Gasteiger partial charge in [-0.25, -0.2) is 4.57 Å². The van der Waals surface area contributed by atoms with E-state index >= 15 is 0 Å². The van der Waals surface area contributed by atoms with Gasteiger partial charge in [-0.2, -0.15) is 0 Å². The van der Waals surface area contributed by atoms with Crippen LogP contribution in [0.25, 0.3) is 0 Å². The van der Waals surface area contributed by atoms with Gasteiger partial charge in [-0.05, 0) is 76.7 Å². The summed E-state index contributed by atoms with van der Waals surface area (Å²) in [6.45, 7) is 4.18. The standard InChI is InChI=1S/C41H78NO7P/c1-3-5-7-9-11-13-15-17-19-21-23-25-27-29-31-33-36-46-40(39-49-50(44,45)48-37-35-42)38-47-41(43)34-32-30-28-26-24-22-20-18-16-14-12-10-8-6-4-2/h13,15,18,20,33,36,40H,3-12,14,16-17,19,21-32,34-35,37-39,42H2,1-2H3,(H,44,45)/t40-/m1/s1. The van der Waals surface area contributed by atoms with Crippen LogP contribution >= 0.6 is 7.82 Å². The molecule has 0 fully saturated rings. The maximum atomic E-state index is 12.4. The summed E-state index contributed by atoms with van der Waals surface area (Å²) < 4.78 is 33.1. The van der Waals surface area contributed by atoms with Gasteiger partial charge in [-0.3, -0.25) is 13.8 Å². The summed E-state index contributed by atoms with van der Waals surface area (Å²) in [7, 11) is -4.27. The van der Waals surface area contributed by atoms with Crippen molar-refractivity contribution in [2.45, 2.75) is 193 Å². The molecule has 0 spiro atoms. The minimum atomic E-state index is -4.27. The molecule has 50 heavy (non-hydrogen) atoms. The normalized spacial score (nSPS) is 13.8. The average Bonchev–Trinajstić information content (AvgIpc) is 3.11. The van der Waals surface area contributed by atoms with Crippen LogP contribution in [-0.4, -0.2) is 43.3 Å². The second-order valence-corrected chi connectivity index (χ2v) is 15.0. The van der Waals surface area contributed by atoms with Crippen LogP contribution in [0.5, 0.6) is 0 Å². The van der Waals surface area contributed by atoms with E-state index in [0.717, 1.165) is 38.5 Å². The molecule has 0 aliphatic heterocycles. The lowest BCUT2D eigenvalue weighted by atomic mass is 10.1. The number of nitrogens with two attached hydrogens (primary N) is 1. The first-order valence-electron chi connectivity index (χ1n) is 20.5. The fourth-order valence-electron chi connectivity index (χ4n) is 5.50. The highest BCUT2D eigenvalue weighted by molar-refractivity contribution is 7.47. The predicted molar refractivity (Wildman–Crippen MR) is 210 cm³/mol. The van der Waals surface area contributed by atoms with E-state index in [4.69, 9.17) is 24.3 Å². The van der Waals surface area contributed by atoms with Gasteiger partial charge in [0, 0.05) is 13.0 Å². The van der Waals surface area contributed by atoms with Crippen LogP contribution in [0.15, 0.2) is 36.6 Å². The summed E-state index contributed by atoms with van der Waals surface area (Å²) in [6.07, 6.45) is 44.0. The van der Waals surface area contributed by atoms with Crippen molar-refractivity contribution in [3.8, 4) is 0 Å². The minimum Gasteiger partial charge on any atom is -0.492 e. The molecule has 0 aliphatic carbocycles. The summed E-state index contributed by atoms with van der Waals surface area (Å²) in [6, 6.07) is 0. The fourth-order valence-corrected chi connectivity index (χ4v) is 6.26. The Labute approximate surface area is 308 Å². The van der Waals surface area contributed by atoms with E-state index in [-0.39, 0.29) is 32.3 Å². The maximum absolute atomic E-state index is 12.4. The van der Waals surface area contributed by atoms with Crippen molar-refractivity contribution in [2.24, 2.45) is 5.73 Å². The van der Waals surface area contributed by atoms with Gasteiger partial charge in [-0.1, -0.05) is 134 Å². The van der Waals surface area contributed by atoms with Gasteiger partial charge in [0.05, 0.1) is 19.5 Å². The first-order chi connectivity index (χ1) is 24.4. The Bertz CT molecular complexity index is 864. The number of phosphoric ester groups is 1. The van der Waals surface area contributed by atoms with Crippen molar-refractivity contribution in [1.82, 2.24) is 0 Å². The topological polar surface area (TPSA) is 117 Å². The van der Waals surface area contributed by atoms with Crippen LogP contribution in [0, 0.1) is 0 Å². The molecule has 8 nitrogen and oxygen atoms in total. The summed E-state index contributed by atoms with van der Waals surface area (Å²) in [5.41, 5.74) is 5.36. The van der Waals surface area contributed by atoms with Gasteiger partial charge in [0.2, 0.25) is 0 Å². The van der Waals surface area contributed by atoms with Crippen LogP contribution in [0.2, 0.25) is 0 Å². The van der Waals surface area contributed by atoms with E-state index in [1.165, 1.54) is 128 Å². The molecule has 0 rings (SSSR count). The van der Waals surface area contributed by atoms with Crippen LogP contribution in [0.3, 0.4) is 0 Å². The van der Waals surface area contributed by atoms with E-state index in [9.17, 15) is 14.3 Å². The molecule has 3 N–H and O–H groups in total. The van der Waals surface area contributed by atoms with Crippen molar-refractivity contribution in [3.63, 3.8) is 0 Å². The number of carbonyl (C=O) groups is 1. The van der Waals surface area contributed by atoms with Gasteiger partial charge in [0.1, 0.15) is 6.61 Å². The number of hydrogen-bond acceptors (Lipinski definition) is 7. The van der Waals surface area contributed by atoms with E-state index in [2.05, 4.69) is 38.2 Å². The Morgan fingerprint density at radius 3 is 1.50 bits per heavy atom. The number of phosphoric acid groups is 1. The second kappa shape index (κ2) is 38.8. The van der Waals surface area contributed by atoms with Gasteiger partial charge < -0.3 is 20.1 Å². The molecule has 0 bridgehead atoms. The molecule has 2 atom stereocenters. The molecule has 0 aromatic rings. The Morgan fingerprint density at radius 2 is 1.02 bits per heavy atom. The molecule has 294 valence electrons. The number of hydrogen-bond donors (Lipinski definition) is 2. The Morgan fingerprint density at radius 1 is 0.600 bits per heavy atom. The van der Waals surface area contributed by atoms with E-state index in [1.807, 2.05) is 6.08 Å². The Balaban J connectivity index is 4.13.